The van der Waals surface area contributed by atoms with Gasteiger partial charge in [0.2, 0.25) is 0 Å². The summed E-state index contributed by atoms with van der Waals surface area (Å²) in [5.74, 6) is 0.219. The lowest BCUT2D eigenvalue weighted by Crippen LogP contribution is -2.24. The molecule has 0 spiro atoms. The molecule has 1 heteroatoms. The van der Waals surface area contributed by atoms with Crippen LogP contribution in [0.5, 0.6) is 0 Å². The number of benzene rings is 1. The monoisotopic (exact) mass is 246 g/mol. The zero-order valence-corrected chi connectivity index (χ0v) is 12.6. The van der Waals surface area contributed by atoms with E-state index in [0.717, 1.165) is 12.0 Å². The molecular weight excluding hydrogens is 220 g/mol. The van der Waals surface area contributed by atoms with Gasteiger partial charge in [-0.1, -0.05) is 58.9 Å². The predicted octanol–water partition coefficient (Wildman–Crippen LogP) is 4.53. The maximum absolute atomic E-state index is 11.1. The van der Waals surface area contributed by atoms with Gasteiger partial charge in [0.15, 0.2) is 0 Å². The molecule has 0 fully saturated rings. The van der Waals surface area contributed by atoms with Gasteiger partial charge in [0.25, 0.3) is 0 Å². The molecule has 0 N–H and O–H groups in total. The average Bonchev–Trinajstić information content (AvgIpc) is 2.13. The summed E-state index contributed by atoms with van der Waals surface area (Å²) in [6.07, 6.45) is 1.69. The molecule has 1 aromatic rings. The summed E-state index contributed by atoms with van der Waals surface area (Å²) >= 11 is 0. The van der Waals surface area contributed by atoms with Crippen LogP contribution >= 0.6 is 0 Å². The molecule has 0 saturated carbocycles. The molecule has 100 valence electrons. The Kier molecular flexibility index (Phi) is 4.37. The van der Waals surface area contributed by atoms with Crippen molar-refractivity contribution in [3.63, 3.8) is 0 Å². The third-order valence-corrected chi connectivity index (χ3v) is 3.16. The lowest BCUT2D eigenvalue weighted by molar-refractivity contribution is -0.116. The highest BCUT2D eigenvalue weighted by Gasteiger charge is 2.26. The number of ketones is 1. The summed E-state index contributed by atoms with van der Waals surface area (Å²) in [4.78, 5) is 11.1. The molecule has 0 amide bonds. The van der Waals surface area contributed by atoms with E-state index in [9.17, 15) is 4.79 Å². The maximum atomic E-state index is 11.1. The number of hydrogen-bond donors (Lipinski definition) is 0. The molecule has 0 atom stereocenters. The molecule has 1 aromatic carbocycles. The first-order valence-corrected chi connectivity index (χ1v) is 6.69. The molecule has 0 aliphatic rings. The second kappa shape index (κ2) is 5.26. The molecule has 1 nitrogen and oxygen atoms in total. The summed E-state index contributed by atoms with van der Waals surface area (Å²) < 4.78 is 0. The lowest BCUT2D eigenvalue weighted by Gasteiger charge is -2.33. The number of rotatable bonds is 4. The second-order valence-electron chi connectivity index (χ2n) is 7.20. The van der Waals surface area contributed by atoms with E-state index in [1.807, 2.05) is 0 Å². The van der Waals surface area contributed by atoms with Crippen molar-refractivity contribution < 1.29 is 4.79 Å². The standard InChI is InChI=1S/C17H26O/c1-13(18)11-14-7-9-15(10-8-14)17(5,6)12-16(2,3)4/h7-10H,11-12H2,1-6H3. The van der Waals surface area contributed by atoms with Crippen molar-refractivity contribution in [3.05, 3.63) is 35.4 Å². The zero-order valence-electron chi connectivity index (χ0n) is 12.6. The second-order valence-corrected chi connectivity index (χ2v) is 7.20. The SMILES string of the molecule is CC(=O)Cc1ccc(C(C)(C)CC(C)(C)C)cc1. The molecule has 0 aliphatic carbocycles. The van der Waals surface area contributed by atoms with Gasteiger partial charge in [-0.2, -0.15) is 0 Å². The molecule has 0 heterocycles. The van der Waals surface area contributed by atoms with Crippen LogP contribution in [0.4, 0.5) is 0 Å². The fourth-order valence-corrected chi connectivity index (χ4v) is 2.79. The highest BCUT2D eigenvalue weighted by atomic mass is 16.1. The normalized spacial score (nSPS) is 12.6. The van der Waals surface area contributed by atoms with Gasteiger partial charge in [-0.3, -0.25) is 4.79 Å². The highest BCUT2D eigenvalue weighted by Crippen LogP contribution is 2.36. The Bertz CT molecular complexity index is 404. The Balaban J connectivity index is 2.87. The van der Waals surface area contributed by atoms with Crippen molar-refractivity contribution in [1.29, 1.82) is 0 Å². The molecular formula is C17H26O. The van der Waals surface area contributed by atoms with Gasteiger partial charge in [0, 0.05) is 6.42 Å². The van der Waals surface area contributed by atoms with E-state index in [0.29, 0.717) is 11.8 Å². The Labute approximate surface area is 112 Å². The van der Waals surface area contributed by atoms with Gasteiger partial charge >= 0.3 is 0 Å². The van der Waals surface area contributed by atoms with Crippen LogP contribution in [0.2, 0.25) is 0 Å². The molecule has 0 aliphatic heterocycles. The molecule has 1 rings (SSSR count). The van der Waals surface area contributed by atoms with Crippen molar-refractivity contribution >= 4 is 5.78 Å². The Morgan fingerprint density at radius 2 is 1.50 bits per heavy atom. The van der Waals surface area contributed by atoms with E-state index in [2.05, 4.69) is 58.9 Å². The fraction of sp³-hybridized carbons (Fsp3) is 0.588. The fourth-order valence-electron chi connectivity index (χ4n) is 2.79. The van der Waals surface area contributed by atoms with E-state index in [4.69, 9.17) is 0 Å². The van der Waals surface area contributed by atoms with Crippen LogP contribution in [0.3, 0.4) is 0 Å². The summed E-state index contributed by atoms with van der Waals surface area (Å²) in [5, 5.41) is 0. The minimum atomic E-state index is 0.174. The summed E-state index contributed by atoms with van der Waals surface area (Å²) in [5.41, 5.74) is 2.96. The number of Topliss-reactive ketones (excluding diaryl/α,β-unsaturated/α-hetero) is 1. The minimum absolute atomic E-state index is 0.174. The van der Waals surface area contributed by atoms with Crippen molar-refractivity contribution in [3.8, 4) is 0 Å². The number of carbonyl (C=O) groups excluding carboxylic acids is 1. The van der Waals surface area contributed by atoms with E-state index >= 15 is 0 Å². The van der Waals surface area contributed by atoms with E-state index < -0.39 is 0 Å². The largest absolute Gasteiger partial charge is 0.300 e. The Morgan fingerprint density at radius 3 is 1.89 bits per heavy atom. The smallest absolute Gasteiger partial charge is 0.134 e. The predicted molar refractivity (Wildman–Crippen MR) is 77.9 cm³/mol. The van der Waals surface area contributed by atoms with Gasteiger partial charge in [0.05, 0.1) is 0 Å². The number of carbonyl (C=O) groups is 1. The summed E-state index contributed by atoms with van der Waals surface area (Å²) in [6, 6.07) is 8.51. The minimum Gasteiger partial charge on any atom is -0.300 e. The van der Waals surface area contributed by atoms with E-state index in [-0.39, 0.29) is 11.2 Å². The molecule has 0 bridgehead atoms. The third kappa shape index (κ3) is 4.64. The Hall–Kier alpha value is -1.11. The average molecular weight is 246 g/mol. The third-order valence-electron chi connectivity index (χ3n) is 3.16. The van der Waals surface area contributed by atoms with Crippen molar-refractivity contribution in [2.75, 3.05) is 0 Å². The molecule has 0 aromatic heterocycles. The van der Waals surface area contributed by atoms with Crippen molar-refractivity contribution in [2.45, 2.75) is 59.8 Å². The van der Waals surface area contributed by atoms with Crippen LogP contribution in [0.25, 0.3) is 0 Å². The van der Waals surface area contributed by atoms with Crippen LogP contribution in [-0.4, -0.2) is 5.78 Å². The van der Waals surface area contributed by atoms with Gasteiger partial charge in [-0.15, -0.1) is 0 Å². The first kappa shape index (κ1) is 14.9. The van der Waals surface area contributed by atoms with Crippen LogP contribution < -0.4 is 0 Å². The summed E-state index contributed by atoms with van der Waals surface area (Å²) in [6.45, 7) is 13.0. The first-order valence-electron chi connectivity index (χ1n) is 6.69. The number of hydrogen-bond acceptors (Lipinski definition) is 1. The molecule has 18 heavy (non-hydrogen) atoms. The lowest BCUT2D eigenvalue weighted by atomic mass is 9.72. The van der Waals surface area contributed by atoms with Gasteiger partial charge < -0.3 is 0 Å². The van der Waals surface area contributed by atoms with Crippen LogP contribution in [0, 0.1) is 5.41 Å². The van der Waals surface area contributed by atoms with Gasteiger partial charge in [0.1, 0.15) is 5.78 Å². The maximum Gasteiger partial charge on any atom is 0.134 e. The van der Waals surface area contributed by atoms with Crippen LogP contribution in [0.15, 0.2) is 24.3 Å². The first-order chi connectivity index (χ1) is 8.10. The van der Waals surface area contributed by atoms with E-state index in [1.165, 1.54) is 5.56 Å². The quantitative estimate of drug-likeness (QED) is 0.762. The highest BCUT2D eigenvalue weighted by molar-refractivity contribution is 5.78. The zero-order chi connectivity index (χ0) is 14.0. The molecule has 0 saturated heterocycles. The molecule has 0 unspecified atom stereocenters. The Morgan fingerprint density at radius 1 is 1.00 bits per heavy atom. The van der Waals surface area contributed by atoms with Gasteiger partial charge in [-0.05, 0) is 35.3 Å². The van der Waals surface area contributed by atoms with E-state index in [1.54, 1.807) is 6.92 Å². The molecule has 0 radical (unpaired) electrons. The van der Waals surface area contributed by atoms with Gasteiger partial charge in [-0.25, -0.2) is 0 Å². The van der Waals surface area contributed by atoms with Crippen molar-refractivity contribution in [2.24, 2.45) is 5.41 Å². The topological polar surface area (TPSA) is 17.1 Å². The van der Waals surface area contributed by atoms with Crippen LogP contribution in [-0.2, 0) is 16.6 Å². The summed E-state index contributed by atoms with van der Waals surface area (Å²) in [7, 11) is 0. The van der Waals surface area contributed by atoms with Crippen molar-refractivity contribution in [1.82, 2.24) is 0 Å². The van der Waals surface area contributed by atoms with Crippen LogP contribution in [0.1, 0.15) is 59.1 Å².